The summed E-state index contributed by atoms with van der Waals surface area (Å²) in [5, 5.41) is 4.39. The summed E-state index contributed by atoms with van der Waals surface area (Å²) in [5.74, 6) is 1.28. The van der Waals surface area contributed by atoms with Crippen LogP contribution in [0.2, 0.25) is 0 Å². The van der Waals surface area contributed by atoms with Crippen molar-refractivity contribution in [1.82, 2.24) is 14.8 Å². The number of aromatic nitrogens is 3. The van der Waals surface area contributed by atoms with Crippen molar-refractivity contribution in [3.05, 3.63) is 60.2 Å². The number of carbonyl (C=O) groups excluding carboxylic acids is 1. The molecule has 0 saturated heterocycles. The minimum atomic E-state index is -0.345. The lowest BCUT2D eigenvalue weighted by Gasteiger charge is -2.16. The third kappa shape index (κ3) is 3.45. The zero-order chi connectivity index (χ0) is 18.0. The van der Waals surface area contributed by atoms with Gasteiger partial charge in [0.1, 0.15) is 17.9 Å². The second-order valence-electron chi connectivity index (χ2n) is 6.26. The fourth-order valence-corrected chi connectivity index (χ4v) is 2.78. The highest BCUT2D eigenvalue weighted by Gasteiger charge is 2.17. The molecule has 0 aliphatic rings. The third-order valence-electron chi connectivity index (χ3n) is 4.01. The van der Waals surface area contributed by atoms with E-state index in [4.69, 9.17) is 4.74 Å². The maximum atomic E-state index is 11.5. The molecule has 25 heavy (non-hydrogen) atoms. The predicted molar refractivity (Wildman–Crippen MR) is 96.9 cm³/mol. The van der Waals surface area contributed by atoms with Crippen LogP contribution in [0.1, 0.15) is 38.1 Å². The van der Waals surface area contributed by atoms with E-state index in [1.54, 1.807) is 6.33 Å². The van der Waals surface area contributed by atoms with E-state index in [1.165, 1.54) is 6.92 Å². The minimum absolute atomic E-state index is 0.222. The highest BCUT2D eigenvalue weighted by Crippen LogP contribution is 2.33. The van der Waals surface area contributed by atoms with Gasteiger partial charge in [0.05, 0.1) is 5.69 Å². The first-order valence-electron chi connectivity index (χ1n) is 8.26. The van der Waals surface area contributed by atoms with Crippen molar-refractivity contribution in [3.63, 3.8) is 0 Å². The SMILES string of the molecule is CC(=O)Oc1cc(-c2ccccc2)cc(-n2ncnc2C(C)C)c1C. The van der Waals surface area contributed by atoms with E-state index in [1.807, 2.05) is 48.0 Å². The molecule has 0 amide bonds. The van der Waals surface area contributed by atoms with E-state index in [9.17, 15) is 4.79 Å². The Kier molecular flexibility index (Phi) is 4.65. The van der Waals surface area contributed by atoms with E-state index >= 15 is 0 Å². The van der Waals surface area contributed by atoms with Crippen LogP contribution in [0.15, 0.2) is 48.8 Å². The molecule has 3 aromatic rings. The van der Waals surface area contributed by atoms with Gasteiger partial charge in [-0.15, -0.1) is 0 Å². The molecular formula is C20H21N3O2. The Hall–Kier alpha value is -2.95. The summed E-state index contributed by atoms with van der Waals surface area (Å²) in [6, 6.07) is 13.9. The van der Waals surface area contributed by atoms with Gasteiger partial charge < -0.3 is 4.74 Å². The topological polar surface area (TPSA) is 57.0 Å². The lowest BCUT2D eigenvalue weighted by atomic mass is 10.0. The standard InChI is InChI=1S/C20H21N3O2/c1-13(2)20-21-12-22-23(20)18-10-17(16-8-6-5-7-9-16)11-19(14(18)3)25-15(4)24/h5-13H,1-4H3. The first kappa shape index (κ1) is 16.9. The maximum Gasteiger partial charge on any atom is 0.308 e. The largest absolute Gasteiger partial charge is 0.426 e. The Morgan fingerprint density at radius 3 is 2.48 bits per heavy atom. The lowest BCUT2D eigenvalue weighted by Crippen LogP contribution is -2.09. The van der Waals surface area contributed by atoms with Gasteiger partial charge in [0.15, 0.2) is 0 Å². The van der Waals surface area contributed by atoms with Crippen molar-refractivity contribution >= 4 is 5.97 Å². The molecule has 0 fully saturated rings. The van der Waals surface area contributed by atoms with Gasteiger partial charge in [-0.05, 0) is 30.2 Å². The van der Waals surface area contributed by atoms with E-state index in [-0.39, 0.29) is 11.9 Å². The Morgan fingerprint density at radius 2 is 1.84 bits per heavy atom. The number of esters is 1. The number of hydrogen-bond donors (Lipinski definition) is 0. The molecule has 3 rings (SSSR count). The van der Waals surface area contributed by atoms with Gasteiger partial charge in [-0.2, -0.15) is 5.10 Å². The Morgan fingerprint density at radius 1 is 1.12 bits per heavy atom. The normalized spacial score (nSPS) is 10.9. The zero-order valence-corrected chi connectivity index (χ0v) is 14.9. The molecule has 128 valence electrons. The van der Waals surface area contributed by atoms with Gasteiger partial charge in [0.25, 0.3) is 0 Å². The van der Waals surface area contributed by atoms with Crippen LogP contribution in [0.3, 0.4) is 0 Å². The molecule has 5 nitrogen and oxygen atoms in total. The molecule has 0 radical (unpaired) electrons. The van der Waals surface area contributed by atoms with Gasteiger partial charge in [-0.25, -0.2) is 9.67 Å². The van der Waals surface area contributed by atoms with Crippen LogP contribution in [0.5, 0.6) is 5.75 Å². The van der Waals surface area contributed by atoms with Crippen LogP contribution in [-0.2, 0) is 4.79 Å². The van der Waals surface area contributed by atoms with Crippen LogP contribution in [-0.4, -0.2) is 20.7 Å². The molecule has 2 aromatic carbocycles. The van der Waals surface area contributed by atoms with Gasteiger partial charge in [0, 0.05) is 18.4 Å². The molecule has 0 unspecified atom stereocenters. The molecule has 0 aliphatic heterocycles. The monoisotopic (exact) mass is 335 g/mol. The van der Waals surface area contributed by atoms with Crippen molar-refractivity contribution in [3.8, 4) is 22.6 Å². The van der Waals surface area contributed by atoms with Crippen LogP contribution < -0.4 is 4.74 Å². The van der Waals surface area contributed by atoms with Gasteiger partial charge in [0.2, 0.25) is 0 Å². The minimum Gasteiger partial charge on any atom is -0.426 e. The fourth-order valence-electron chi connectivity index (χ4n) is 2.78. The smallest absolute Gasteiger partial charge is 0.308 e. The summed E-state index contributed by atoms with van der Waals surface area (Å²) in [5.41, 5.74) is 3.71. The van der Waals surface area contributed by atoms with Crippen molar-refractivity contribution in [2.45, 2.75) is 33.6 Å². The van der Waals surface area contributed by atoms with E-state index < -0.39 is 0 Å². The number of benzene rings is 2. The van der Waals surface area contributed by atoms with Crippen molar-refractivity contribution in [2.75, 3.05) is 0 Å². The summed E-state index contributed by atoms with van der Waals surface area (Å²) in [6.45, 7) is 7.48. The average molecular weight is 335 g/mol. The average Bonchev–Trinajstić information content (AvgIpc) is 3.07. The number of ether oxygens (including phenoxy) is 1. The molecule has 0 saturated carbocycles. The summed E-state index contributed by atoms with van der Waals surface area (Å²) < 4.78 is 7.26. The summed E-state index contributed by atoms with van der Waals surface area (Å²) in [7, 11) is 0. The molecule has 0 bridgehead atoms. The quantitative estimate of drug-likeness (QED) is 0.527. The van der Waals surface area contributed by atoms with Gasteiger partial charge in [-0.1, -0.05) is 44.2 Å². The zero-order valence-electron chi connectivity index (χ0n) is 14.9. The fraction of sp³-hybridized carbons (Fsp3) is 0.250. The second kappa shape index (κ2) is 6.89. The van der Waals surface area contributed by atoms with E-state index in [2.05, 4.69) is 30.0 Å². The van der Waals surface area contributed by atoms with Crippen molar-refractivity contribution in [2.24, 2.45) is 0 Å². The van der Waals surface area contributed by atoms with Crippen molar-refractivity contribution in [1.29, 1.82) is 0 Å². The van der Waals surface area contributed by atoms with Gasteiger partial charge >= 0.3 is 5.97 Å². The Labute approximate surface area is 147 Å². The molecule has 1 heterocycles. The highest BCUT2D eigenvalue weighted by molar-refractivity contribution is 5.75. The number of carbonyl (C=O) groups is 1. The summed E-state index contributed by atoms with van der Waals surface area (Å²) >= 11 is 0. The van der Waals surface area contributed by atoms with Crippen LogP contribution >= 0.6 is 0 Å². The molecule has 0 aliphatic carbocycles. The second-order valence-corrected chi connectivity index (χ2v) is 6.26. The van der Waals surface area contributed by atoms with Crippen LogP contribution in [0, 0.1) is 6.92 Å². The Bertz CT molecular complexity index is 899. The van der Waals surface area contributed by atoms with Gasteiger partial charge in [-0.3, -0.25) is 4.79 Å². The molecule has 1 aromatic heterocycles. The first-order chi connectivity index (χ1) is 12.0. The van der Waals surface area contributed by atoms with Crippen molar-refractivity contribution < 1.29 is 9.53 Å². The summed E-state index contributed by atoms with van der Waals surface area (Å²) in [4.78, 5) is 15.9. The first-order valence-corrected chi connectivity index (χ1v) is 8.26. The van der Waals surface area contributed by atoms with Crippen LogP contribution in [0.25, 0.3) is 16.8 Å². The van der Waals surface area contributed by atoms with E-state index in [0.717, 1.165) is 28.2 Å². The summed E-state index contributed by atoms with van der Waals surface area (Å²) in [6.07, 6.45) is 1.55. The number of nitrogens with zero attached hydrogens (tertiary/aromatic N) is 3. The lowest BCUT2D eigenvalue weighted by molar-refractivity contribution is -0.131. The number of rotatable bonds is 4. The highest BCUT2D eigenvalue weighted by atomic mass is 16.5. The third-order valence-corrected chi connectivity index (χ3v) is 4.01. The molecule has 0 spiro atoms. The Balaban J connectivity index is 2.23. The molecule has 5 heteroatoms. The number of hydrogen-bond acceptors (Lipinski definition) is 4. The van der Waals surface area contributed by atoms with E-state index in [0.29, 0.717) is 5.75 Å². The molecule has 0 atom stereocenters. The predicted octanol–water partition coefficient (Wildman–Crippen LogP) is 4.29. The maximum absolute atomic E-state index is 11.5. The molecule has 0 N–H and O–H groups in total. The molecular weight excluding hydrogens is 314 g/mol. The van der Waals surface area contributed by atoms with Crippen LogP contribution in [0.4, 0.5) is 0 Å².